The molecule has 0 N–H and O–H groups in total. The molecule has 3 rings (SSSR count). The zero-order chi connectivity index (χ0) is 15.0. The summed E-state index contributed by atoms with van der Waals surface area (Å²) in [5.74, 6) is -0.143. The first-order valence-electron chi connectivity index (χ1n) is 6.32. The van der Waals surface area contributed by atoms with E-state index in [2.05, 4.69) is 5.10 Å². The van der Waals surface area contributed by atoms with E-state index in [0.717, 1.165) is 11.9 Å². The Morgan fingerprint density at radius 1 is 1.43 bits per heavy atom. The lowest BCUT2D eigenvalue weighted by molar-refractivity contribution is -0.385. The van der Waals surface area contributed by atoms with E-state index < -0.39 is 11.0 Å². The molecule has 1 fully saturated rings. The van der Waals surface area contributed by atoms with Gasteiger partial charge in [0, 0.05) is 17.3 Å². The molecule has 0 saturated carbocycles. The molecule has 8 heteroatoms. The molecule has 7 nitrogen and oxygen atoms in total. The van der Waals surface area contributed by atoms with Crippen LogP contribution in [-0.4, -0.2) is 27.2 Å². The van der Waals surface area contributed by atoms with Crippen molar-refractivity contribution in [1.29, 1.82) is 0 Å². The van der Waals surface area contributed by atoms with Crippen LogP contribution in [0.1, 0.15) is 12.5 Å². The Morgan fingerprint density at radius 3 is 2.90 bits per heavy atom. The van der Waals surface area contributed by atoms with Gasteiger partial charge in [-0.05, 0) is 24.6 Å². The van der Waals surface area contributed by atoms with Crippen LogP contribution in [0.25, 0.3) is 0 Å². The fraction of sp³-hybridized carbons (Fsp3) is 0.231. The van der Waals surface area contributed by atoms with E-state index in [1.165, 1.54) is 10.9 Å². The molecule has 1 unspecified atom stereocenters. The number of rotatable bonds is 3. The van der Waals surface area contributed by atoms with E-state index in [9.17, 15) is 14.9 Å². The summed E-state index contributed by atoms with van der Waals surface area (Å²) in [7, 11) is 0. The first kappa shape index (κ1) is 13.6. The Bertz CT molecular complexity index is 715. The molecule has 1 aromatic heterocycles. The molecule has 1 atom stereocenters. The number of amides is 1. The minimum atomic E-state index is -0.530. The van der Waals surface area contributed by atoms with Gasteiger partial charge in [-0.25, -0.2) is 0 Å². The van der Waals surface area contributed by atoms with Crippen molar-refractivity contribution in [3.05, 3.63) is 51.8 Å². The summed E-state index contributed by atoms with van der Waals surface area (Å²) in [5, 5.41) is 15.1. The summed E-state index contributed by atoms with van der Waals surface area (Å²) in [4.78, 5) is 24.2. The zero-order valence-corrected chi connectivity index (χ0v) is 11.6. The van der Waals surface area contributed by atoms with Crippen LogP contribution < -0.4 is 4.90 Å². The van der Waals surface area contributed by atoms with E-state index in [1.807, 2.05) is 0 Å². The first-order valence-corrected chi connectivity index (χ1v) is 6.69. The van der Waals surface area contributed by atoms with Crippen LogP contribution in [0, 0.1) is 10.1 Å². The van der Waals surface area contributed by atoms with Crippen molar-refractivity contribution in [2.24, 2.45) is 0 Å². The number of nitro groups is 1. The smallest absolute Gasteiger partial charge is 0.307 e. The Hall–Kier alpha value is -2.41. The maximum absolute atomic E-state index is 12.4. The molecule has 2 aromatic rings. The van der Waals surface area contributed by atoms with E-state index in [0.29, 0.717) is 18.0 Å². The highest BCUT2D eigenvalue weighted by Crippen LogP contribution is 2.30. The lowest BCUT2D eigenvalue weighted by Crippen LogP contribution is -2.28. The summed E-state index contributed by atoms with van der Waals surface area (Å²) in [6.07, 6.45) is 2.98. The Labute approximate surface area is 124 Å². The van der Waals surface area contributed by atoms with E-state index >= 15 is 0 Å². The van der Waals surface area contributed by atoms with Crippen molar-refractivity contribution in [2.75, 3.05) is 11.4 Å². The molecule has 1 aliphatic rings. The second-order valence-corrected chi connectivity index (χ2v) is 5.15. The van der Waals surface area contributed by atoms with Gasteiger partial charge in [0.05, 0.1) is 4.92 Å². The topological polar surface area (TPSA) is 81.3 Å². The average Bonchev–Trinajstić information content (AvgIpc) is 3.05. The van der Waals surface area contributed by atoms with Crippen LogP contribution in [-0.2, 0) is 4.79 Å². The van der Waals surface area contributed by atoms with Crippen molar-refractivity contribution >= 4 is 28.9 Å². The minimum Gasteiger partial charge on any atom is -0.310 e. The predicted molar refractivity (Wildman–Crippen MR) is 76.3 cm³/mol. The van der Waals surface area contributed by atoms with Crippen LogP contribution in [0.2, 0.25) is 5.02 Å². The Morgan fingerprint density at radius 2 is 2.24 bits per heavy atom. The standard InChI is InChI=1S/C13H11ClN4O3/c14-9-2-1-3-10(6-9)16-5-4-12(13(16)19)17-8-11(7-15-17)18(20)21/h1-3,6-8,12H,4-5H2. The summed E-state index contributed by atoms with van der Waals surface area (Å²) >= 11 is 5.93. The highest BCUT2D eigenvalue weighted by atomic mass is 35.5. The molecule has 0 aliphatic carbocycles. The monoisotopic (exact) mass is 306 g/mol. The lowest BCUT2D eigenvalue weighted by atomic mass is 10.2. The molecule has 1 aliphatic heterocycles. The summed E-state index contributed by atoms with van der Waals surface area (Å²) in [5.41, 5.74) is 0.598. The lowest BCUT2D eigenvalue weighted by Gasteiger charge is -2.17. The predicted octanol–water partition coefficient (Wildman–Crippen LogP) is 2.42. The van der Waals surface area contributed by atoms with Crippen molar-refractivity contribution in [1.82, 2.24) is 9.78 Å². The van der Waals surface area contributed by atoms with Crippen LogP contribution >= 0.6 is 11.6 Å². The quantitative estimate of drug-likeness (QED) is 0.644. The molecule has 0 radical (unpaired) electrons. The highest BCUT2D eigenvalue weighted by Gasteiger charge is 2.35. The Kier molecular flexibility index (Phi) is 3.34. The maximum Gasteiger partial charge on any atom is 0.307 e. The minimum absolute atomic E-state index is 0.121. The molecular weight excluding hydrogens is 296 g/mol. The molecule has 1 amide bonds. The molecule has 2 heterocycles. The highest BCUT2D eigenvalue weighted by molar-refractivity contribution is 6.30. The van der Waals surface area contributed by atoms with Gasteiger partial charge >= 0.3 is 5.69 Å². The number of benzene rings is 1. The number of carbonyl (C=O) groups is 1. The summed E-state index contributed by atoms with van der Waals surface area (Å²) in [6, 6.07) is 6.51. The largest absolute Gasteiger partial charge is 0.310 e. The van der Waals surface area contributed by atoms with Gasteiger partial charge in [-0.2, -0.15) is 5.10 Å². The molecular formula is C13H11ClN4O3. The molecule has 21 heavy (non-hydrogen) atoms. The van der Waals surface area contributed by atoms with Crippen LogP contribution in [0.4, 0.5) is 11.4 Å². The average molecular weight is 307 g/mol. The van der Waals surface area contributed by atoms with E-state index in [1.54, 1.807) is 29.2 Å². The Balaban J connectivity index is 1.84. The van der Waals surface area contributed by atoms with Crippen molar-refractivity contribution in [3.63, 3.8) is 0 Å². The van der Waals surface area contributed by atoms with E-state index in [4.69, 9.17) is 11.6 Å². The third kappa shape index (κ3) is 2.47. The zero-order valence-electron chi connectivity index (χ0n) is 10.8. The van der Waals surface area contributed by atoms with Gasteiger partial charge in [-0.3, -0.25) is 19.6 Å². The normalized spacial score (nSPS) is 18.2. The number of aromatic nitrogens is 2. The van der Waals surface area contributed by atoms with Gasteiger partial charge in [-0.1, -0.05) is 17.7 Å². The van der Waals surface area contributed by atoms with Crippen molar-refractivity contribution in [2.45, 2.75) is 12.5 Å². The molecule has 1 saturated heterocycles. The summed E-state index contributed by atoms with van der Waals surface area (Å²) in [6.45, 7) is 0.525. The van der Waals surface area contributed by atoms with Gasteiger partial charge < -0.3 is 4.90 Å². The molecule has 0 bridgehead atoms. The third-order valence-electron chi connectivity index (χ3n) is 3.42. The van der Waals surface area contributed by atoms with Crippen LogP contribution in [0.5, 0.6) is 0 Å². The number of nitrogens with zero attached hydrogens (tertiary/aromatic N) is 4. The van der Waals surface area contributed by atoms with Crippen LogP contribution in [0.15, 0.2) is 36.7 Å². The summed E-state index contributed by atoms with van der Waals surface area (Å²) < 4.78 is 1.35. The number of hydrogen-bond donors (Lipinski definition) is 0. The number of hydrogen-bond acceptors (Lipinski definition) is 4. The van der Waals surface area contributed by atoms with Gasteiger partial charge in [0.1, 0.15) is 18.4 Å². The number of halogens is 1. The molecule has 108 valence electrons. The SMILES string of the molecule is O=C1C(n2cc([N+](=O)[O-])cn2)CCN1c1cccc(Cl)c1. The second-order valence-electron chi connectivity index (χ2n) is 4.71. The second kappa shape index (κ2) is 5.17. The van der Waals surface area contributed by atoms with E-state index in [-0.39, 0.29) is 11.6 Å². The van der Waals surface area contributed by atoms with Crippen molar-refractivity contribution < 1.29 is 9.72 Å². The van der Waals surface area contributed by atoms with Gasteiger partial charge in [-0.15, -0.1) is 0 Å². The fourth-order valence-corrected chi connectivity index (χ4v) is 2.59. The molecule has 1 aromatic carbocycles. The molecule has 0 spiro atoms. The van der Waals surface area contributed by atoms with Crippen LogP contribution in [0.3, 0.4) is 0 Å². The van der Waals surface area contributed by atoms with Gasteiger partial charge in [0.25, 0.3) is 5.91 Å². The third-order valence-corrected chi connectivity index (χ3v) is 3.65. The maximum atomic E-state index is 12.4. The van der Waals surface area contributed by atoms with Crippen molar-refractivity contribution in [3.8, 4) is 0 Å². The fourth-order valence-electron chi connectivity index (χ4n) is 2.40. The van der Waals surface area contributed by atoms with Gasteiger partial charge in [0.2, 0.25) is 0 Å². The van der Waals surface area contributed by atoms with Gasteiger partial charge in [0.15, 0.2) is 0 Å². The number of carbonyl (C=O) groups excluding carboxylic acids is 1. The number of anilines is 1. The first-order chi connectivity index (χ1) is 10.1.